The molecule has 0 aliphatic carbocycles. The molecule has 3 rings (SSSR count). The third-order valence-electron chi connectivity index (χ3n) is 3.15. The minimum Gasteiger partial charge on any atom is -0.339 e. The van der Waals surface area contributed by atoms with Gasteiger partial charge in [-0.05, 0) is 30.7 Å². The van der Waals surface area contributed by atoms with Gasteiger partial charge < -0.3 is 9.84 Å². The van der Waals surface area contributed by atoms with Gasteiger partial charge in [0.2, 0.25) is 5.89 Å². The standard InChI is InChI=1S/C13H14ClN3O/c14-11-3-1-2-9(6-11)7-12-16-13(17-18-12)10-4-5-15-8-10/h1-3,6,10,15H,4-5,7-8H2. The average Bonchev–Trinajstić information content (AvgIpc) is 2.98. The maximum absolute atomic E-state index is 5.94. The van der Waals surface area contributed by atoms with Gasteiger partial charge in [0.05, 0.1) is 6.42 Å². The van der Waals surface area contributed by atoms with Gasteiger partial charge in [0.25, 0.3) is 0 Å². The Balaban J connectivity index is 1.73. The Labute approximate surface area is 110 Å². The van der Waals surface area contributed by atoms with E-state index in [-0.39, 0.29) is 0 Å². The number of rotatable bonds is 3. The molecular formula is C13H14ClN3O. The summed E-state index contributed by atoms with van der Waals surface area (Å²) < 4.78 is 5.29. The van der Waals surface area contributed by atoms with Gasteiger partial charge in [-0.25, -0.2) is 0 Å². The maximum Gasteiger partial charge on any atom is 0.231 e. The minimum absolute atomic E-state index is 0.391. The second-order valence-electron chi connectivity index (χ2n) is 4.54. The van der Waals surface area contributed by atoms with Crippen LogP contribution in [0.15, 0.2) is 28.8 Å². The van der Waals surface area contributed by atoms with Gasteiger partial charge in [0, 0.05) is 17.5 Å². The van der Waals surface area contributed by atoms with E-state index in [4.69, 9.17) is 16.1 Å². The van der Waals surface area contributed by atoms with E-state index in [1.165, 1.54) is 0 Å². The lowest BCUT2D eigenvalue weighted by Crippen LogP contribution is -2.08. The lowest BCUT2D eigenvalue weighted by atomic mass is 10.1. The number of nitrogens with one attached hydrogen (secondary N) is 1. The Kier molecular flexibility index (Phi) is 3.30. The lowest BCUT2D eigenvalue weighted by Gasteiger charge is -1.99. The summed E-state index contributed by atoms with van der Waals surface area (Å²) in [5.41, 5.74) is 1.09. The van der Waals surface area contributed by atoms with E-state index >= 15 is 0 Å². The van der Waals surface area contributed by atoms with Crippen molar-refractivity contribution in [2.75, 3.05) is 13.1 Å². The van der Waals surface area contributed by atoms with Crippen molar-refractivity contribution in [3.63, 3.8) is 0 Å². The van der Waals surface area contributed by atoms with Crippen molar-refractivity contribution in [3.8, 4) is 0 Å². The molecule has 1 aromatic carbocycles. The summed E-state index contributed by atoms with van der Waals surface area (Å²) in [6, 6.07) is 7.71. The molecule has 5 heteroatoms. The van der Waals surface area contributed by atoms with Gasteiger partial charge in [-0.3, -0.25) is 0 Å². The fraction of sp³-hybridized carbons (Fsp3) is 0.385. The van der Waals surface area contributed by atoms with Crippen LogP contribution in [-0.2, 0) is 6.42 Å². The summed E-state index contributed by atoms with van der Waals surface area (Å²) in [7, 11) is 0. The third kappa shape index (κ3) is 2.54. The van der Waals surface area contributed by atoms with Crippen LogP contribution < -0.4 is 5.32 Å². The summed E-state index contributed by atoms with van der Waals surface area (Å²) in [5, 5.41) is 8.08. The van der Waals surface area contributed by atoms with Crippen molar-refractivity contribution >= 4 is 11.6 Å². The van der Waals surface area contributed by atoms with E-state index in [1.54, 1.807) is 0 Å². The van der Waals surface area contributed by atoms with Crippen LogP contribution in [0.3, 0.4) is 0 Å². The number of halogens is 1. The largest absolute Gasteiger partial charge is 0.339 e. The summed E-state index contributed by atoms with van der Waals surface area (Å²) in [6.07, 6.45) is 1.71. The Bertz CT molecular complexity index is 535. The van der Waals surface area contributed by atoms with Crippen LogP contribution >= 0.6 is 11.6 Å². The van der Waals surface area contributed by atoms with Crippen LogP contribution in [0.1, 0.15) is 29.6 Å². The maximum atomic E-state index is 5.94. The quantitative estimate of drug-likeness (QED) is 0.924. The first-order valence-corrected chi connectivity index (χ1v) is 6.47. The molecule has 1 N–H and O–H groups in total. The first-order chi connectivity index (χ1) is 8.81. The second kappa shape index (κ2) is 5.08. The van der Waals surface area contributed by atoms with Crippen LogP contribution in [0, 0.1) is 0 Å². The molecule has 1 aromatic heterocycles. The van der Waals surface area contributed by atoms with E-state index in [0.717, 1.165) is 35.9 Å². The second-order valence-corrected chi connectivity index (χ2v) is 4.98. The first-order valence-electron chi connectivity index (χ1n) is 6.09. The summed E-state index contributed by atoms with van der Waals surface area (Å²) in [5.74, 6) is 1.86. The highest BCUT2D eigenvalue weighted by atomic mass is 35.5. The molecule has 94 valence electrons. The monoisotopic (exact) mass is 263 g/mol. The molecule has 0 radical (unpaired) electrons. The SMILES string of the molecule is Clc1cccc(Cc2nc(C3CCNC3)no2)c1. The molecule has 1 atom stereocenters. The predicted octanol–water partition coefficient (Wildman–Crippen LogP) is 2.39. The normalized spacial score (nSPS) is 19.3. The number of benzene rings is 1. The van der Waals surface area contributed by atoms with Crippen molar-refractivity contribution in [1.29, 1.82) is 0 Å². The Morgan fingerprint density at radius 1 is 1.44 bits per heavy atom. The molecule has 1 unspecified atom stereocenters. The lowest BCUT2D eigenvalue weighted by molar-refractivity contribution is 0.376. The summed E-state index contributed by atoms with van der Waals surface area (Å²) >= 11 is 5.94. The molecule has 1 aliphatic rings. The van der Waals surface area contributed by atoms with Gasteiger partial charge in [0.1, 0.15) is 0 Å². The fourth-order valence-electron chi connectivity index (χ4n) is 2.20. The smallest absolute Gasteiger partial charge is 0.231 e. The zero-order chi connectivity index (χ0) is 12.4. The predicted molar refractivity (Wildman–Crippen MR) is 68.8 cm³/mol. The molecule has 2 aromatic rings. The number of nitrogens with zero attached hydrogens (tertiary/aromatic N) is 2. The van der Waals surface area contributed by atoms with Gasteiger partial charge in [-0.1, -0.05) is 28.9 Å². The summed E-state index contributed by atoms with van der Waals surface area (Å²) in [6.45, 7) is 1.97. The zero-order valence-corrected chi connectivity index (χ0v) is 10.7. The van der Waals surface area contributed by atoms with Crippen LogP contribution in [0.5, 0.6) is 0 Å². The molecule has 1 saturated heterocycles. The van der Waals surface area contributed by atoms with Crippen molar-refractivity contribution in [2.45, 2.75) is 18.8 Å². The van der Waals surface area contributed by atoms with Crippen molar-refractivity contribution in [2.24, 2.45) is 0 Å². The van der Waals surface area contributed by atoms with Crippen LogP contribution in [0.25, 0.3) is 0 Å². The molecule has 0 spiro atoms. The fourth-order valence-corrected chi connectivity index (χ4v) is 2.42. The Morgan fingerprint density at radius 2 is 2.39 bits per heavy atom. The molecule has 1 aliphatic heterocycles. The third-order valence-corrected chi connectivity index (χ3v) is 3.39. The number of hydrogen-bond donors (Lipinski definition) is 1. The number of aromatic nitrogens is 2. The number of hydrogen-bond acceptors (Lipinski definition) is 4. The van der Waals surface area contributed by atoms with Crippen LogP contribution in [0.4, 0.5) is 0 Å². The van der Waals surface area contributed by atoms with Crippen molar-refractivity contribution in [3.05, 3.63) is 46.6 Å². The van der Waals surface area contributed by atoms with Gasteiger partial charge >= 0.3 is 0 Å². The van der Waals surface area contributed by atoms with Gasteiger partial charge in [0.15, 0.2) is 5.82 Å². The van der Waals surface area contributed by atoms with Crippen molar-refractivity contribution < 1.29 is 4.52 Å². The minimum atomic E-state index is 0.391. The molecule has 0 saturated carbocycles. The summed E-state index contributed by atoms with van der Waals surface area (Å²) in [4.78, 5) is 4.46. The van der Waals surface area contributed by atoms with Gasteiger partial charge in [-0.2, -0.15) is 4.98 Å². The molecule has 1 fully saturated rings. The highest BCUT2D eigenvalue weighted by Gasteiger charge is 2.21. The van der Waals surface area contributed by atoms with Gasteiger partial charge in [-0.15, -0.1) is 0 Å². The van der Waals surface area contributed by atoms with Crippen LogP contribution in [0.2, 0.25) is 5.02 Å². The molecule has 0 bridgehead atoms. The highest BCUT2D eigenvalue weighted by Crippen LogP contribution is 2.20. The molecule has 18 heavy (non-hydrogen) atoms. The zero-order valence-electron chi connectivity index (χ0n) is 9.90. The average molecular weight is 264 g/mol. The topological polar surface area (TPSA) is 51.0 Å². The highest BCUT2D eigenvalue weighted by molar-refractivity contribution is 6.30. The Morgan fingerprint density at radius 3 is 3.17 bits per heavy atom. The van der Waals surface area contributed by atoms with E-state index < -0.39 is 0 Å². The van der Waals surface area contributed by atoms with E-state index in [2.05, 4.69) is 15.5 Å². The Hall–Kier alpha value is -1.39. The van der Waals surface area contributed by atoms with Crippen molar-refractivity contribution in [1.82, 2.24) is 15.5 Å². The van der Waals surface area contributed by atoms with Crippen LogP contribution in [-0.4, -0.2) is 23.2 Å². The van der Waals surface area contributed by atoms with E-state index in [0.29, 0.717) is 18.2 Å². The molecule has 4 nitrogen and oxygen atoms in total. The molecule has 0 amide bonds. The molecular weight excluding hydrogens is 250 g/mol. The van der Waals surface area contributed by atoms with E-state index in [1.807, 2.05) is 24.3 Å². The van der Waals surface area contributed by atoms with E-state index in [9.17, 15) is 0 Å². The first kappa shape index (κ1) is 11.7. The molecule has 2 heterocycles.